The molecule has 0 aromatic carbocycles. The highest BCUT2D eigenvalue weighted by Gasteiger charge is 1.98. The second-order valence-electron chi connectivity index (χ2n) is 2.58. The van der Waals surface area contributed by atoms with Crippen LogP contribution in [-0.4, -0.2) is 19.2 Å². The van der Waals surface area contributed by atoms with Crippen molar-refractivity contribution < 1.29 is 9.53 Å². The van der Waals surface area contributed by atoms with Gasteiger partial charge in [0.25, 0.3) is 0 Å². The lowest BCUT2D eigenvalue weighted by atomic mass is 10.2. The third-order valence-corrected chi connectivity index (χ3v) is 1.55. The first-order chi connectivity index (χ1) is 6.74. The zero-order valence-electron chi connectivity index (χ0n) is 8.58. The van der Waals surface area contributed by atoms with E-state index in [0.717, 1.165) is 12.0 Å². The van der Waals surface area contributed by atoms with Crippen molar-refractivity contribution in [3.63, 3.8) is 0 Å². The van der Waals surface area contributed by atoms with Crippen LogP contribution in [0.5, 0.6) is 0 Å². The van der Waals surface area contributed by atoms with Crippen LogP contribution in [0.3, 0.4) is 0 Å². The van der Waals surface area contributed by atoms with E-state index in [1.165, 1.54) is 0 Å². The van der Waals surface area contributed by atoms with Crippen molar-refractivity contribution in [3.8, 4) is 0 Å². The Hall–Kier alpha value is -1.51. The molecule has 0 aromatic rings. The maximum absolute atomic E-state index is 10.9. The van der Waals surface area contributed by atoms with Crippen LogP contribution in [-0.2, 0) is 4.74 Å². The zero-order valence-corrected chi connectivity index (χ0v) is 8.58. The lowest BCUT2D eigenvalue weighted by molar-refractivity contribution is 0.152. The fourth-order valence-electron chi connectivity index (χ4n) is 0.896. The average molecular weight is 195 g/mol. The van der Waals surface area contributed by atoms with E-state index in [1.807, 2.05) is 6.08 Å². The van der Waals surface area contributed by atoms with Crippen LogP contribution in [0, 0.1) is 0 Å². The van der Waals surface area contributed by atoms with Crippen molar-refractivity contribution in [2.24, 2.45) is 0 Å². The van der Waals surface area contributed by atoms with Gasteiger partial charge < -0.3 is 10.1 Å². The SMILES string of the molecule is C=C/C=C(\C=C)CCNC(=O)OCC. The first-order valence-electron chi connectivity index (χ1n) is 4.59. The summed E-state index contributed by atoms with van der Waals surface area (Å²) in [6.07, 6.45) is 5.65. The molecular formula is C11H17NO2. The van der Waals surface area contributed by atoms with Crippen LogP contribution >= 0.6 is 0 Å². The quantitative estimate of drug-likeness (QED) is 0.661. The third kappa shape index (κ3) is 6.06. The van der Waals surface area contributed by atoms with E-state index < -0.39 is 0 Å². The van der Waals surface area contributed by atoms with E-state index in [4.69, 9.17) is 4.74 Å². The minimum atomic E-state index is -0.380. The standard InChI is InChI=1S/C11H17NO2/c1-4-7-10(5-2)8-9-12-11(13)14-6-3/h4-5,7H,1-2,6,8-9H2,3H3,(H,12,13)/b10-7+. The van der Waals surface area contributed by atoms with Gasteiger partial charge in [0.1, 0.15) is 0 Å². The van der Waals surface area contributed by atoms with Crippen molar-refractivity contribution in [3.05, 3.63) is 37.0 Å². The predicted molar refractivity (Wildman–Crippen MR) is 58.1 cm³/mol. The Morgan fingerprint density at radius 1 is 1.50 bits per heavy atom. The lowest BCUT2D eigenvalue weighted by Crippen LogP contribution is -2.25. The molecule has 0 heterocycles. The van der Waals surface area contributed by atoms with Gasteiger partial charge in [0.15, 0.2) is 0 Å². The van der Waals surface area contributed by atoms with Crippen LogP contribution in [0.25, 0.3) is 0 Å². The second-order valence-corrected chi connectivity index (χ2v) is 2.58. The number of rotatable bonds is 6. The molecule has 0 aromatic heterocycles. The molecule has 0 aliphatic heterocycles. The fraction of sp³-hybridized carbons (Fsp3) is 0.364. The summed E-state index contributed by atoms with van der Waals surface area (Å²) in [4.78, 5) is 10.9. The molecule has 0 fully saturated rings. The van der Waals surface area contributed by atoms with Gasteiger partial charge in [0.05, 0.1) is 6.61 Å². The Kier molecular flexibility index (Phi) is 7.23. The van der Waals surface area contributed by atoms with Gasteiger partial charge in [-0.25, -0.2) is 4.79 Å². The van der Waals surface area contributed by atoms with Crippen LogP contribution in [0.2, 0.25) is 0 Å². The molecular weight excluding hydrogens is 178 g/mol. The molecule has 0 aliphatic carbocycles. The minimum absolute atomic E-state index is 0.380. The molecule has 0 radical (unpaired) electrons. The summed E-state index contributed by atoms with van der Waals surface area (Å²) in [5.41, 5.74) is 1.04. The van der Waals surface area contributed by atoms with E-state index in [9.17, 15) is 4.79 Å². The number of carbonyl (C=O) groups is 1. The van der Waals surface area contributed by atoms with Crippen LogP contribution in [0.4, 0.5) is 4.79 Å². The number of allylic oxidation sites excluding steroid dienone is 3. The van der Waals surface area contributed by atoms with Crippen molar-refractivity contribution >= 4 is 6.09 Å². The topological polar surface area (TPSA) is 38.3 Å². The fourth-order valence-corrected chi connectivity index (χ4v) is 0.896. The molecule has 1 amide bonds. The summed E-state index contributed by atoms with van der Waals surface area (Å²) in [6.45, 7) is 9.95. The highest BCUT2D eigenvalue weighted by atomic mass is 16.5. The van der Waals surface area contributed by atoms with Gasteiger partial charge in [-0.15, -0.1) is 0 Å². The third-order valence-electron chi connectivity index (χ3n) is 1.55. The van der Waals surface area contributed by atoms with Crippen molar-refractivity contribution in [1.82, 2.24) is 5.32 Å². The molecule has 0 rings (SSSR count). The molecule has 1 N–H and O–H groups in total. The van der Waals surface area contributed by atoms with Crippen LogP contribution in [0.1, 0.15) is 13.3 Å². The van der Waals surface area contributed by atoms with Crippen molar-refractivity contribution in [2.45, 2.75) is 13.3 Å². The number of hydrogen-bond acceptors (Lipinski definition) is 2. The Balaban J connectivity index is 3.71. The number of ether oxygens (including phenoxy) is 1. The van der Waals surface area contributed by atoms with E-state index >= 15 is 0 Å². The Bertz CT molecular complexity index is 231. The van der Waals surface area contributed by atoms with Gasteiger partial charge in [-0.3, -0.25) is 0 Å². The summed E-state index contributed by atoms with van der Waals surface area (Å²) < 4.78 is 4.70. The first kappa shape index (κ1) is 12.5. The molecule has 0 spiro atoms. The maximum atomic E-state index is 10.9. The Morgan fingerprint density at radius 3 is 2.71 bits per heavy atom. The lowest BCUT2D eigenvalue weighted by Gasteiger charge is -2.04. The van der Waals surface area contributed by atoms with Gasteiger partial charge in [0.2, 0.25) is 0 Å². The molecule has 14 heavy (non-hydrogen) atoms. The van der Waals surface area contributed by atoms with Crippen LogP contribution in [0.15, 0.2) is 37.0 Å². The summed E-state index contributed by atoms with van der Waals surface area (Å²) in [5.74, 6) is 0. The van der Waals surface area contributed by atoms with Crippen LogP contribution < -0.4 is 5.32 Å². The maximum Gasteiger partial charge on any atom is 0.407 e. The molecule has 0 saturated heterocycles. The van der Waals surface area contributed by atoms with Crippen molar-refractivity contribution in [2.75, 3.05) is 13.2 Å². The average Bonchev–Trinajstić information content (AvgIpc) is 2.17. The van der Waals surface area contributed by atoms with Gasteiger partial charge in [0, 0.05) is 6.54 Å². The normalized spacial score (nSPS) is 10.5. The van der Waals surface area contributed by atoms with Gasteiger partial charge in [-0.05, 0) is 18.9 Å². The molecule has 3 heteroatoms. The molecule has 0 atom stereocenters. The highest BCUT2D eigenvalue weighted by Crippen LogP contribution is 2.00. The number of nitrogens with one attached hydrogen (secondary N) is 1. The smallest absolute Gasteiger partial charge is 0.407 e. The zero-order chi connectivity index (χ0) is 10.8. The van der Waals surface area contributed by atoms with Crippen molar-refractivity contribution in [1.29, 1.82) is 0 Å². The molecule has 0 aliphatic rings. The van der Waals surface area contributed by atoms with Gasteiger partial charge in [-0.2, -0.15) is 0 Å². The highest BCUT2D eigenvalue weighted by molar-refractivity contribution is 5.67. The van der Waals surface area contributed by atoms with E-state index in [0.29, 0.717) is 13.2 Å². The Morgan fingerprint density at radius 2 is 2.21 bits per heavy atom. The summed E-state index contributed by atoms with van der Waals surface area (Å²) in [5, 5.41) is 2.62. The summed E-state index contributed by atoms with van der Waals surface area (Å²) >= 11 is 0. The predicted octanol–water partition coefficient (Wildman–Crippen LogP) is 2.42. The van der Waals surface area contributed by atoms with E-state index in [1.54, 1.807) is 19.1 Å². The number of carbonyl (C=O) groups excluding carboxylic acids is 1. The number of amides is 1. The molecule has 0 saturated carbocycles. The Labute approximate surface area is 85.1 Å². The monoisotopic (exact) mass is 195 g/mol. The molecule has 3 nitrogen and oxygen atoms in total. The second kappa shape index (κ2) is 8.10. The van der Waals surface area contributed by atoms with E-state index in [-0.39, 0.29) is 6.09 Å². The summed E-state index contributed by atoms with van der Waals surface area (Å²) in [7, 11) is 0. The summed E-state index contributed by atoms with van der Waals surface area (Å²) in [6, 6.07) is 0. The van der Waals surface area contributed by atoms with E-state index in [2.05, 4.69) is 18.5 Å². The minimum Gasteiger partial charge on any atom is -0.450 e. The molecule has 0 bridgehead atoms. The van der Waals surface area contributed by atoms with Gasteiger partial charge in [-0.1, -0.05) is 31.4 Å². The number of alkyl carbamates (subject to hydrolysis) is 1. The molecule has 78 valence electrons. The molecule has 0 unspecified atom stereocenters. The largest absolute Gasteiger partial charge is 0.450 e. The van der Waals surface area contributed by atoms with Gasteiger partial charge >= 0.3 is 6.09 Å². The first-order valence-corrected chi connectivity index (χ1v) is 4.59. The number of hydrogen-bond donors (Lipinski definition) is 1.